The lowest BCUT2D eigenvalue weighted by molar-refractivity contribution is 0.0949. The van der Waals surface area contributed by atoms with E-state index in [4.69, 9.17) is 0 Å². The van der Waals surface area contributed by atoms with Crippen LogP contribution in [0.4, 0.5) is 0 Å². The van der Waals surface area contributed by atoms with E-state index in [0.717, 1.165) is 10.0 Å². The Morgan fingerprint density at radius 1 is 1.53 bits per heavy atom. The zero-order chi connectivity index (χ0) is 12.3. The van der Waals surface area contributed by atoms with Crippen molar-refractivity contribution in [3.63, 3.8) is 0 Å². The van der Waals surface area contributed by atoms with Crippen molar-refractivity contribution >= 4 is 21.8 Å². The Labute approximate surface area is 107 Å². The van der Waals surface area contributed by atoms with E-state index in [1.165, 1.54) is 6.33 Å². The molecule has 0 bridgehead atoms. The van der Waals surface area contributed by atoms with Gasteiger partial charge in [0.2, 0.25) is 0 Å². The number of H-pyrrole nitrogens is 1. The standard InChI is InChI=1S/C11H11BrN4O/c1-7-2-3-8(9(12)4-7)11(17)13-5-10-14-6-15-16-10/h2-4,6H,5H2,1H3,(H,13,17)(H,14,15,16). The van der Waals surface area contributed by atoms with Crippen LogP contribution in [0.2, 0.25) is 0 Å². The fourth-order valence-electron chi connectivity index (χ4n) is 1.38. The molecule has 0 radical (unpaired) electrons. The van der Waals surface area contributed by atoms with Gasteiger partial charge in [-0.1, -0.05) is 6.07 Å². The maximum atomic E-state index is 11.9. The topological polar surface area (TPSA) is 70.7 Å². The molecule has 1 amide bonds. The predicted molar refractivity (Wildman–Crippen MR) is 66.4 cm³/mol. The minimum Gasteiger partial charge on any atom is -0.345 e. The van der Waals surface area contributed by atoms with Crippen molar-refractivity contribution in [2.24, 2.45) is 0 Å². The maximum absolute atomic E-state index is 11.9. The quantitative estimate of drug-likeness (QED) is 0.907. The van der Waals surface area contributed by atoms with Crippen molar-refractivity contribution < 1.29 is 4.79 Å². The first-order valence-electron chi connectivity index (χ1n) is 5.05. The molecule has 0 aliphatic carbocycles. The highest BCUT2D eigenvalue weighted by atomic mass is 79.9. The third kappa shape index (κ3) is 2.91. The van der Waals surface area contributed by atoms with E-state index in [-0.39, 0.29) is 5.91 Å². The zero-order valence-corrected chi connectivity index (χ0v) is 10.8. The van der Waals surface area contributed by atoms with Gasteiger partial charge >= 0.3 is 0 Å². The van der Waals surface area contributed by atoms with Crippen molar-refractivity contribution in [3.8, 4) is 0 Å². The summed E-state index contributed by atoms with van der Waals surface area (Å²) in [5.74, 6) is 0.481. The Kier molecular flexibility index (Phi) is 3.53. The second-order valence-corrected chi connectivity index (χ2v) is 4.45. The molecule has 0 atom stereocenters. The van der Waals surface area contributed by atoms with Crippen LogP contribution < -0.4 is 5.32 Å². The monoisotopic (exact) mass is 294 g/mol. The highest BCUT2D eigenvalue weighted by Crippen LogP contribution is 2.18. The number of nitrogens with zero attached hydrogens (tertiary/aromatic N) is 2. The number of aromatic nitrogens is 3. The van der Waals surface area contributed by atoms with E-state index >= 15 is 0 Å². The first kappa shape index (κ1) is 11.8. The van der Waals surface area contributed by atoms with Gasteiger partial charge in [-0.3, -0.25) is 9.89 Å². The Morgan fingerprint density at radius 3 is 3.00 bits per heavy atom. The predicted octanol–water partition coefficient (Wildman–Crippen LogP) is 1.81. The summed E-state index contributed by atoms with van der Waals surface area (Å²) in [7, 11) is 0. The average molecular weight is 295 g/mol. The maximum Gasteiger partial charge on any atom is 0.252 e. The van der Waals surface area contributed by atoms with Crippen LogP contribution in [0.15, 0.2) is 29.0 Å². The molecule has 0 unspecified atom stereocenters. The van der Waals surface area contributed by atoms with Crippen LogP contribution in [0.5, 0.6) is 0 Å². The van der Waals surface area contributed by atoms with Gasteiger partial charge in [0.25, 0.3) is 5.91 Å². The number of carbonyl (C=O) groups is 1. The Balaban J connectivity index is 2.04. The van der Waals surface area contributed by atoms with Gasteiger partial charge in [-0.25, -0.2) is 4.98 Å². The number of aromatic amines is 1. The molecule has 2 rings (SSSR count). The normalized spacial score (nSPS) is 10.2. The van der Waals surface area contributed by atoms with Gasteiger partial charge in [0, 0.05) is 4.47 Å². The van der Waals surface area contributed by atoms with Crippen LogP contribution in [-0.4, -0.2) is 21.1 Å². The largest absolute Gasteiger partial charge is 0.345 e. The van der Waals surface area contributed by atoms with Gasteiger partial charge in [0.05, 0.1) is 12.1 Å². The molecule has 1 aromatic heterocycles. The molecule has 2 N–H and O–H groups in total. The lowest BCUT2D eigenvalue weighted by Crippen LogP contribution is -2.23. The number of rotatable bonds is 3. The van der Waals surface area contributed by atoms with Gasteiger partial charge in [0.1, 0.15) is 12.2 Å². The second-order valence-electron chi connectivity index (χ2n) is 3.60. The molecule has 17 heavy (non-hydrogen) atoms. The molecule has 0 spiro atoms. The van der Waals surface area contributed by atoms with Crippen LogP contribution in [0.1, 0.15) is 21.7 Å². The van der Waals surface area contributed by atoms with Crippen molar-refractivity contribution in [3.05, 3.63) is 46.0 Å². The van der Waals surface area contributed by atoms with Gasteiger partial charge in [-0.05, 0) is 40.5 Å². The smallest absolute Gasteiger partial charge is 0.252 e. The average Bonchev–Trinajstić information content (AvgIpc) is 2.78. The summed E-state index contributed by atoms with van der Waals surface area (Å²) in [5, 5.41) is 9.14. The summed E-state index contributed by atoms with van der Waals surface area (Å²) >= 11 is 3.37. The number of hydrogen-bond acceptors (Lipinski definition) is 3. The minimum atomic E-state index is -0.145. The minimum absolute atomic E-state index is 0.145. The first-order valence-corrected chi connectivity index (χ1v) is 5.84. The molecular formula is C11H11BrN4O. The van der Waals surface area contributed by atoms with Crippen LogP contribution in [0.25, 0.3) is 0 Å². The number of carbonyl (C=O) groups excluding carboxylic acids is 1. The Hall–Kier alpha value is -1.69. The molecule has 0 saturated carbocycles. The van der Waals surface area contributed by atoms with E-state index in [2.05, 4.69) is 36.4 Å². The van der Waals surface area contributed by atoms with Crippen LogP contribution >= 0.6 is 15.9 Å². The molecular weight excluding hydrogens is 284 g/mol. The van der Waals surface area contributed by atoms with E-state index in [1.54, 1.807) is 6.07 Å². The fourth-order valence-corrected chi connectivity index (χ4v) is 2.05. The molecule has 2 aromatic rings. The van der Waals surface area contributed by atoms with E-state index in [0.29, 0.717) is 17.9 Å². The lowest BCUT2D eigenvalue weighted by atomic mass is 10.1. The van der Waals surface area contributed by atoms with Gasteiger partial charge in [-0.2, -0.15) is 5.10 Å². The molecule has 6 heteroatoms. The molecule has 0 saturated heterocycles. The van der Waals surface area contributed by atoms with Crippen molar-refractivity contribution in [2.75, 3.05) is 0 Å². The van der Waals surface area contributed by atoms with Crippen molar-refractivity contribution in [2.45, 2.75) is 13.5 Å². The molecule has 1 aromatic carbocycles. The van der Waals surface area contributed by atoms with Crippen molar-refractivity contribution in [1.29, 1.82) is 0 Å². The number of aryl methyl sites for hydroxylation is 1. The van der Waals surface area contributed by atoms with E-state index in [1.807, 2.05) is 19.1 Å². The Bertz CT molecular complexity index is 524. The highest BCUT2D eigenvalue weighted by molar-refractivity contribution is 9.10. The van der Waals surface area contributed by atoms with Gasteiger partial charge in [0.15, 0.2) is 0 Å². The van der Waals surface area contributed by atoms with Gasteiger partial charge < -0.3 is 5.32 Å². The summed E-state index contributed by atoms with van der Waals surface area (Å²) in [6.07, 6.45) is 1.41. The molecule has 0 fully saturated rings. The molecule has 1 heterocycles. The summed E-state index contributed by atoms with van der Waals surface area (Å²) in [6, 6.07) is 5.59. The summed E-state index contributed by atoms with van der Waals surface area (Å²) < 4.78 is 0.785. The molecule has 5 nitrogen and oxygen atoms in total. The number of hydrogen-bond donors (Lipinski definition) is 2. The third-order valence-electron chi connectivity index (χ3n) is 2.25. The number of halogens is 1. The Morgan fingerprint density at radius 2 is 2.35 bits per heavy atom. The number of amides is 1. The van der Waals surface area contributed by atoms with E-state index in [9.17, 15) is 4.79 Å². The molecule has 0 aliphatic rings. The van der Waals surface area contributed by atoms with Crippen molar-refractivity contribution in [1.82, 2.24) is 20.5 Å². The summed E-state index contributed by atoms with van der Waals surface area (Å²) in [4.78, 5) is 15.8. The van der Waals surface area contributed by atoms with Crippen LogP contribution in [0, 0.1) is 6.92 Å². The molecule has 88 valence electrons. The van der Waals surface area contributed by atoms with Crippen LogP contribution in [0.3, 0.4) is 0 Å². The molecule has 0 aliphatic heterocycles. The van der Waals surface area contributed by atoms with Gasteiger partial charge in [-0.15, -0.1) is 0 Å². The summed E-state index contributed by atoms with van der Waals surface area (Å²) in [6.45, 7) is 2.31. The third-order valence-corrected chi connectivity index (χ3v) is 2.91. The van der Waals surface area contributed by atoms with E-state index < -0.39 is 0 Å². The number of nitrogens with one attached hydrogen (secondary N) is 2. The first-order chi connectivity index (χ1) is 8.16. The fraction of sp³-hybridized carbons (Fsp3) is 0.182. The second kappa shape index (κ2) is 5.09. The zero-order valence-electron chi connectivity index (χ0n) is 9.20. The lowest BCUT2D eigenvalue weighted by Gasteiger charge is -2.06. The van der Waals surface area contributed by atoms with Crippen LogP contribution in [-0.2, 0) is 6.54 Å². The SMILES string of the molecule is Cc1ccc(C(=O)NCc2ncn[nH]2)c(Br)c1. The summed E-state index contributed by atoms with van der Waals surface area (Å²) in [5.41, 5.74) is 1.71. The highest BCUT2D eigenvalue weighted by Gasteiger charge is 2.09. The number of benzene rings is 1.